The predicted molar refractivity (Wildman–Crippen MR) is 89.3 cm³/mol. The summed E-state index contributed by atoms with van der Waals surface area (Å²) in [5, 5.41) is 0. The van der Waals surface area contributed by atoms with E-state index in [-0.39, 0.29) is 28.5 Å². The molecule has 0 spiro atoms. The summed E-state index contributed by atoms with van der Waals surface area (Å²) in [6.07, 6.45) is -3.31. The van der Waals surface area contributed by atoms with Crippen LogP contribution in [0.25, 0.3) is 0 Å². The molecule has 0 aliphatic heterocycles. The number of nitrogens with zero attached hydrogens (tertiary/aromatic N) is 1. The number of halogens is 3. The van der Waals surface area contributed by atoms with Crippen LogP contribution in [0.15, 0.2) is 35.2 Å². The van der Waals surface area contributed by atoms with Gasteiger partial charge in [0, 0.05) is 23.2 Å². The van der Waals surface area contributed by atoms with Crippen molar-refractivity contribution in [2.45, 2.75) is 31.5 Å². The van der Waals surface area contributed by atoms with Gasteiger partial charge in [0.15, 0.2) is 16.4 Å². The largest absolute Gasteiger partial charge is 0.485 e. The van der Waals surface area contributed by atoms with Crippen LogP contribution in [-0.2, 0) is 16.4 Å². The molecule has 5 nitrogen and oxygen atoms in total. The SMILES string of the molecule is Cc1cc(C(=O)COc2ccc(S(C)(=O)=O)cc2)c(C)n1CC(F)(F)F. The highest BCUT2D eigenvalue weighted by atomic mass is 32.2. The number of rotatable bonds is 6. The van der Waals surface area contributed by atoms with Crippen LogP contribution in [0.3, 0.4) is 0 Å². The van der Waals surface area contributed by atoms with Gasteiger partial charge in [-0.25, -0.2) is 8.42 Å². The summed E-state index contributed by atoms with van der Waals surface area (Å²) >= 11 is 0. The third kappa shape index (κ3) is 4.87. The number of Topliss-reactive ketones (excluding diaryl/α,β-unsaturated/α-hetero) is 1. The van der Waals surface area contributed by atoms with Gasteiger partial charge in [0.25, 0.3) is 0 Å². The first-order valence-electron chi connectivity index (χ1n) is 7.58. The molecule has 0 saturated carbocycles. The maximum absolute atomic E-state index is 12.6. The van der Waals surface area contributed by atoms with Gasteiger partial charge in [0.1, 0.15) is 12.3 Å². The van der Waals surface area contributed by atoms with Gasteiger partial charge in [-0.05, 0) is 44.2 Å². The van der Waals surface area contributed by atoms with Crippen molar-refractivity contribution in [1.29, 1.82) is 0 Å². The Kier molecular flexibility index (Phi) is 5.50. The Morgan fingerprint density at radius 2 is 1.73 bits per heavy atom. The minimum Gasteiger partial charge on any atom is -0.485 e. The molecule has 0 bridgehead atoms. The fourth-order valence-corrected chi connectivity index (χ4v) is 3.15. The Labute approximate surface area is 149 Å². The van der Waals surface area contributed by atoms with Crippen LogP contribution in [0, 0.1) is 13.8 Å². The standard InChI is InChI=1S/C17H18F3NO4S/c1-11-8-15(12(2)21(11)10-17(18,19)20)16(22)9-25-13-4-6-14(7-5-13)26(3,23)24/h4-8H,9-10H2,1-3H3. The number of aryl methyl sites for hydroxylation is 1. The Morgan fingerprint density at radius 3 is 2.23 bits per heavy atom. The smallest absolute Gasteiger partial charge is 0.406 e. The van der Waals surface area contributed by atoms with Gasteiger partial charge in [0.2, 0.25) is 5.78 Å². The van der Waals surface area contributed by atoms with Crippen molar-refractivity contribution >= 4 is 15.6 Å². The van der Waals surface area contributed by atoms with Gasteiger partial charge in [0.05, 0.1) is 4.90 Å². The second-order valence-corrected chi connectivity index (χ2v) is 7.96. The van der Waals surface area contributed by atoms with E-state index in [1.807, 2.05) is 0 Å². The first-order chi connectivity index (χ1) is 11.9. The number of hydrogen-bond donors (Lipinski definition) is 0. The predicted octanol–water partition coefficient (Wildman–Crippen LogP) is 3.33. The number of carbonyl (C=O) groups excluding carboxylic acids is 1. The van der Waals surface area contributed by atoms with Crippen LogP contribution in [0.5, 0.6) is 5.75 Å². The van der Waals surface area contributed by atoms with Crippen molar-refractivity contribution in [3.63, 3.8) is 0 Å². The van der Waals surface area contributed by atoms with E-state index >= 15 is 0 Å². The number of benzene rings is 1. The van der Waals surface area contributed by atoms with E-state index in [1.165, 1.54) is 44.2 Å². The molecular weight excluding hydrogens is 371 g/mol. The zero-order chi connectivity index (χ0) is 19.7. The summed E-state index contributed by atoms with van der Waals surface area (Å²) < 4.78 is 67.0. The lowest BCUT2D eigenvalue weighted by Gasteiger charge is -2.12. The topological polar surface area (TPSA) is 65.4 Å². The third-order valence-electron chi connectivity index (χ3n) is 3.83. The van der Waals surface area contributed by atoms with Gasteiger partial charge < -0.3 is 9.30 Å². The number of hydrogen-bond acceptors (Lipinski definition) is 4. The Morgan fingerprint density at radius 1 is 1.15 bits per heavy atom. The number of aromatic nitrogens is 1. The summed E-state index contributed by atoms with van der Waals surface area (Å²) in [6.45, 7) is 1.42. The summed E-state index contributed by atoms with van der Waals surface area (Å²) in [5.41, 5.74) is 0.723. The number of sulfone groups is 1. The highest BCUT2D eigenvalue weighted by molar-refractivity contribution is 7.90. The van der Waals surface area contributed by atoms with Crippen LogP contribution >= 0.6 is 0 Å². The highest BCUT2D eigenvalue weighted by Crippen LogP contribution is 2.24. The highest BCUT2D eigenvalue weighted by Gasteiger charge is 2.30. The normalized spacial score (nSPS) is 12.2. The van der Waals surface area contributed by atoms with Gasteiger partial charge in [-0.2, -0.15) is 13.2 Å². The van der Waals surface area contributed by atoms with Crippen molar-refractivity contribution in [3.8, 4) is 5.75 Å². The average Bonchev–Trinajstić information content (AvgIpc) is 2.79. The van der Waals surface area contributed by atoms with E-state index in [4.69, 9.17) is 4.74 Å². The van der Waals surface area contributed by atoms with E-state index in [2.05, 4.69) is 0 Å². The van der Waals surface area contributed by atoms with Crippen LogP contribution in [0.2, 0.25) is 0 Å². The second-order valence-electron chi connectivity index (χ2n) is 5.94. The molecule has 9 heteroatoms. The monoisotopic (exact) mass is 389 g/mol. The minimum atomic E-state index is -4.38. The first-order valence-corrected chi connectivity index (χ1v) is 9.47. The fraction of sp³-hybridized carbons (Fsp3) is 0.353. The van der Waals surface area contributed by atoms with E-state index in [1.54, 1.807) is 0 Å². The van der Waals surface area contributed by atoms with Crippen molar-refractivity contribution in [3.05, 3.63) is 47.3 Å². The summed E-state index contributed by atoms with van der Waals surface area (Å²) in [4.78, 5) is 12.4. The Hall–Kier alpha value is -2.29. The van der Waals surface area contributed by atoms with Gasteiger partial charge in [-0.3, -0.25) is 4.79 Å². The Balaban J connectivity index is 2.10. The second kappa shape index (κ2) is 7.14. The average molecular weight is 389 g/mol. The lowest BCUT2D eigenvalue weighted by Crippen LogP contribution is -2.20. The van der Waals surface area contributed by atoms with E-state index < -0.39 is 28.3 Å². The molecule has 1 aromatic carbocycles. The molecule has 0 atom stereocenters. The molecule has 0 saturated heterocycles. The van der Waals surface area contributed by atoms with Gasteiger partial charge in [-0.15, -0.1) is 0 Å². The lowest BCUT2D eigenvalue weighted by atomic mass is 10.1. The maximum atomic E-state index is 12.6. The molecule has 2 aromatic rings. The molecule has 0 amide bonds. The number of ether oxygens (including phenoxy) is 1. The molecule has 2 rings (SSSR count). The van der Waals surface area contributed by atoms with Crippen molar-refractivity contribution < 1.29 is 31.1 Å². The number of ketones is 1. The van der Waals surface area contributed by atoms with E-state index in [0.29, 0.717) is 5.69 Å². The number of carbonyl (C=O) groups is 1. The van der Waals surface area contributed by atoms with E-state index in [0.717, 1.165) is 10.8 Å². The molecule has 0 aliphatic rings. The molecular formula is C17H18F3NO4S. The van der Waals surface area contributed by atoms with Gasteiger partial charge in [-0.1, -0.05) is 0 Å². The lowest BCUT2D eigenvalue weighted by molar-refractivity contribution is -0.141. The summed E-state index contributed by atoms with van der Waals surface area (Å²) in [5.74, 6) is -0.173. The van der Waals surface area contributed by atoms with Crippen LogP contribution in [0.1, 0.15) is 21.7 Å². The summed E-state index contributed by atoms with van der Waals surface area (Å²) in [7, 11) is -3.33. The van der Waals surface area contributed by atoms with Crippen molar-refractivity contribution in [2.75, 3.05) is 12.9 Å². The van der Waals surface area contributed by atoms with E-state index in [9.17, 15) is 26.4 Å². The molecule has 1 heterocycles. The quantitative estimate of drug-likeness (QED) is 0.711. The zero-order valence-electron chi connectivity index (χ0n) is 14.4. The molecule has 142 valence electrons. The van der Waals surface area contributed by atoms with Crippen molar-refractivity contribution in [2.24, 2.45) is 0 Å². The van der Waals surface area contributed by atoms with Gasteiger partial charge >= 0.3 is 6.18 Å². The summed E-state index contributed by atoms with van der Waals surface area (Å²) in [6, 6.07) is 6.93. The Bertz CT molecular complexity index is 913. The maximum Gasteiger partial charge on any atom is 0.406 e. The zero-order valence-corrected chi connectivity index (χ0v) is 15.2. The van der Waals surface area contributed by atoms with Crippen molar-refractivity contribution in [1.82, 2.24) is 4.57 Å². The molecule has 0 radical (unpaired) electrons. The minimum absolute atomic E-state index is 0.117. The molecule has 26 heavy (non-hydrogen) atoms. The molecule has 0 aliphatic carbocycles. The van der Waals surface area contributed by atoms with Crippen LogP contribution in [-0.4, -0.2) is 37.8 Å². The molecule has 1 aromatic heterocycles. The van der Waals surface area contributed by atoms with Crippen LogP contribution < -0.4 is 4.74 Å². The molecule has 0 N–H and O–H groups in total. The molecule has 0 unspecified atom stereocenters. The number of alkyl halides is 3. The fourth-order valence-electron chi connectivity index (χ4n) is 2.52. The van der Waals surface area contributed by atoms with Crippen LogP contribution in [0.4, 0.5) is 13.2 Å². The third-order valence-corrected chi connectivity index (χ3v) is 4.96. The first kappa shape index (κ1) is 20.0. The molecule has 0 fully saturated rings.